The summed E-state index contributed by atoms with van der Waals surface area (Å²) in [5.41, 5.74) is 2.55. The largest absolute Gasteiger partial charge is 0.494 e. The number of anilines is 1. The zero-order valence-electron chi connectivity index (χ0n) is 17.1. The predicted octanol–water partition coefficient (Wildman–Crippen LogP) is 5.81. The molecule has 4 nitrogen and oxygen atoms in total. The van der Waals surface area contributed by atoms with Crippen LogP contribution in [0.1, 0.15) is 66.9 Å². The standard InChI is InChI=1S/C23H28N2O2S/c1-5-11-27-17-8-6-7-15(12-17)21(26)25-22-19(14-24)18-10-9-16(23(2,3)4)13-20(18)28-22/h6-8,12,16H,5,9-11,13H2,1-4H3,(H,25,26)/t16-/m1/s1. The molecule has 0 bridgehead atoms. The van der Waals surface area contributed by atoms with Crippen molar-refractivity contribution in [1.29, 1.82) is 5.26 Å². The maximum atomic E-state index is 12.8. The van der Waals surface area contributed by atoms with E-state index in [0.29, 0.717) is 34.4 Å². The summed E-state index contributed by atoms with van der Waals surface area (Å²) in [7, 11) is 0. The van der Waals surface area contributed by atoms with E-state index in [-0.39, 0.29) is 11.3 Å². The van der Waals surface area contributed by atoms with E-state index in [1.807, 2.05) is 19.1 Å². The minimum atomic E-state index is -0.204. The number of carbonyl (C=O) groups excluding carboxylic acids is 1. The molecule has 5 heteroatoms. The zero-order chi connectivity index (χ0) is 20.3. The average Bonchev–Trinajstić information content (AvgIpc) is 3.01. The van der Waals surface area contributed by atoms with Crippen molar-refractivity contribution in [3.05, 3.63) is 45.8 Å². The molecule has 1 aromatic carbocycles. The van der Waals surface area contributed by atoms with Crippen molar-refractivity contribution in [1.82, 2.24) is 0 Å². The Kier molecular flexibility index (Phi) is 6.10. The topological polar surface area (TPSA) is 62.1 Å². The fourth-order valence-corrected chi connectivity index (χ4v) is 4.93. The SMILES string of the molecule is CCCOc1cccc(C(=O)Nc2sc3c(c2C#N)CC[C@@H](C(C)(C)C)C3)c1. The van der Waals surface area contributed by atoms with Gasteiger partial charge in [-0.2, -0.15) is 5.26 Å². The van der Waals surface area contributed by atoms with Gasteiger partial charge in [-0.1, -0.05) is 33.8 Å². The Morgan fingerprint density at radius 3 is 2.86 bits per heavy atom. The number of amides is 1. The molecule has 0 radical (unpaired) electrons. The summed E-state index contributed by atoms with van der Waals surface area (Å²) in [6, 6.07) is 9.51. The maximum Gasteiger partial charge on any atom is 0.256 e. The van der Waals surface area contributed by atoms with Crippen molar-refractivity contribution in [3.63, 3.8) is 0 Å². The van der Waals surface area contributed by atoms with E-state index in [2.05, 4.69) is 32.2 Å². The third-order valence-electron chi connectivity index (χ3n) is 5.40. The maximum absolute atomic E-state index is 12.8. The highest BCUT2D eigenvalue weighted by atomic mass is 32.1. The van der Waals surface area contributed by atoms with Crippen LogP contribution in [0.15, 0.2) is 24.3 Å². The van der Waals surface area contributed by atoms with Crippen molar-refractivity contribution >= 4 is 22.2 Å². The monoisotopic (exact) mass is 396 g/mol. The van der Waals surface area contributed by atoms with Gasteiger partial charge >= 0.3 is 0 Å². The molecule has 1 heterocycles. The second-order valence-corrected chi connectivity index (χ2v) is 9.56. The average molecular weight is 397 g/mol. The Hall–Kier alpha value is -2.32. The highest BCUT2D eigenvalue weighted by molar-refractivity contribution is 7.16. The number of hydrogen-bond acceptors (Lipinski definition) is 4. The number of fused-ring (bicyclic) bond motifs is 1. The van der Waals surface area contributed by atoms with Gasteiger partial charge in [-0.05, 0) is 60.8 Å². The van der Waals surface area contributed by atoms with Crippen LogP contribution in [0.3, 0.4) is 0 Å². The molecule has 1 aromatic heterocycles. The minimum Gasteiger partial charge on any atom is -0.494 e. The fourth-order valence-electron chi connectivity index (χ4n) is 3.65. The molecule has 0 saturated heterocycles. The normalized spacial score (nSPS) is 16.2. The van der Waals surface area contributed by atoms with E-state index in [1.54, 1.807) is 23.5 Å². The van der Waals surface area contributed by atoms with Crippen LogP contribution in [-0.2, 0) is 12.8 Å². The number of ether oxygens (including phenoxy) is 1. The van der Waals surface area contributed by atoms with Crippen molar-refractivity contribution in [2.45, 2.75) is 53.4 Å². The molecule has 28 heavy (non-hydrogen) atoms. The van der Waals surface area contributed by atoms with Crippen LogP contribution in [-0.4, -0.2) is 12.5 Å². The highest BCUT2D eigenvalue weighted by Gasteiger charge is 2.32. The molecule has 1 aliphatic carbocycles. The van der Waals surface area contributed by atoms with Crippen LogP contribution in [0.25, 0.3) is 0 Å². The molecule has 0 saturated carbocycles. The lowest BCUT2D eigenvalue weighted by atomic mass is 9.72. The highest BCUT2D eigenvalue weighted by Crippen LogP contribution is 2.44. The first-order valence-corrected chi connectivity index (χ1v) is 10.7. The molecule has 1 atom stereocenters. The molecule has 1 N–H and O–H groups in total. The molecule has 0 aliphatic heterocycles. The number of nitrogens with zero attached hydrogens (tertiary/aromatic N) is 1. The molecule has 0 unspecified atom stereocenters. The lowest BCUT2D eigenvalue weighted by molar-refractivity contribution is 0.102. The lowest BCUT2D eigenvalue weighted by Crippen LogP contribution is -2.26. The Morgan fingerprint density at radius 1 is 1.39 bits per heavy atom. The first kappa shape index (κ1) is 20.4. The number of rotatable bonds is 5. The number of thiophene rings is 1. The summed E-state index contributed by atoms with van der Waals surface area (Å²) < 4.78 is 5.62. The molecule has 3 rings (SSSR count). The quantitative estimate of drug-likeness (QED) is 0.693. The first-order valence-electron chi connectivity index (χ1n) is 9.92. The molecular formula is C23H28N2O2S. The number of benzene rings is 1. The van der Waals surface area contributed by atoms with Crippen LogP contribution in [0, 0.1) is 22.7 Å². The Labute approximate surface area is 171 Å². The van der Waals surface area contributed by atoms with Crippen LogP contribution in [0.4, 0.5) is 5.00 Å². The predicted molar refractivity (Wildman–Crippen MR) is 114 cm³/mol. The summed E-state index contributed by atoms with van der Waals surface area (Å²) in [5, 5.41) is 13.3. The van der Waals surface area contributed by atoms with Gasteiger partial charge in [0.25, 0.3) is 5.91 Å². The summed E-state index contributed by atoms with van der Waals surface area (Å²) in [6.07, 6.45) is 3.89. The smallest absolute Gasteiger partial charge is 0.256 e. The van der Waals surface area contributed by atoms with Crippen molar-refractivity contribution < 1.29 is 9.53 Å². The van der Waals surface area contributed by atoms with Gasteiger partial charge in [-0.3, -0.25) is 4.79 Å². The van der Waals surface area contributed by atoms with E-state index < -0.39 is 0 Å². The Balaban J connectivity index is 1.81. The molecule has 1 amide bonds. The molecule has 1 aliphatic rings. The van der Waals surface area contributed by atoms with Gasteiger partial charge in [0.15, 0.2) is 0 Å². The minimum absolute atomic E-state index is 0.204. The van der Waals surface area contributed by atoms with Crippen LogP contribution >= 0.6 is 11.3 Å². The summed E-state index contributed by atoms with van der Waals surface area (Å²) in [4.78, 5) is 14.0. The van der Waals surface area contributed by atoms with E-state index in [0.717, 1.165) is 31.2 Å². The van der Waals surface area contributed by atoms with Crippen molar-refractivity contribution in [2.75, 3.05) is 11.9 Å². The van der Waals surface area contributed by atoms with E-state index >= 15 is 0 Å². The lowest BCUT2D eigenvalue weighted by Gasteiger charge is -2.33. The van der Waals surface area contributed by atoms with Crippen molar-refractivity contribution in [3.8, 4) is 11.8 Å². The second-order valence-electron chi connectivity index (χ2n) is 8.46. The molecule has 148 valence electrons. The molecule has 0 spiro atoms. The number of hydrogen-bond donors (Lipinski definition) is 1. The van der Waals surface area contributed by atoms with Crippen molar-refractivity contribution in [2.24, 2.45) is 11.3 Å². The van der Waals surface area contributed by atoms with Crippen LogP contribution in [0.5, 0.6) is 5.75 Å². The van der Waals surface area contributed by atoms with E-state index in [4.69, 9.17) is 4.74 Å². The number of carbonyl (C=O) groups is 1. The zero-order valence-corrected chi connectivity index (χ0v) is 17.9. The van der Waals surface area contributed by atoms with Gasteiger partial charge < -0.3 is 10.1 Å². The summed E-state index contributed by atoms with van der Waals surface area (Å²) in [5.74, 6) is 1.08. The number of nitrogens with one attached hydrogen (secondary N) is 1. The third-order valence-corrected chi connectivity index (χ3v) is 6.57. The van der Waals surface area contributed by atoms with Gasteiger partial charge in [0.1, 0.15) is 16.8 Å². The van der Waals surface area contributed by atoms with E-state index in [9.17, 15) is 10.1 Å². The van der Waals surface area contributed by atoms with Gasteiger partial charge in [0.2, 0.25) is 0 Å². The fraction of sp³-hybridized carbons (Fsp3) is 0.478. The first-order chi connectivity index (χ1) is 13.3. The third kappa shape index (κ3) is 4.39. The second kappa shape index (κ2) is 8.36. The number of nitriles is 1. The molecule has 2 aromatic rings. The Morgan fingerprint density at radius 2 is 2.18 bits per heavy atom. The van der Waals surface area contributed by atoms with E-state index in [1.165, 1.54) is 4.88 Å². The molecule has 0 fully saturated rings. The van der Waals surface area contributed by atoms with Gasteiger partial charge in [0.05, 0.1) is 12.2 Å². The van der Waals surface area contributed by atoms with Crippen LogP contribution < -0.4 is 10.1 Å². The summed E-state index contributed by atoms with van der Waals surface area (Å²) in [6.45, 7) is 9.49. The Bertz CT molecular complexity index is 902. The van der Waals surface area contributed by atoms with Gasteiger partial charge in [-0.15, -0.1) is 11.3 Å². The van der Waals surface area contributed by atoms with Crippen LogP contribution in [0.2, 0.25) is 0 Å². The van der Waals surface area contributed by atoms with Gasteiger partial charge in [-0.25, -0.2) is 0 Å². The summed E-state index contributed by atoms with van der Waals surface area (Å²) >= 11 is 1.56. The molecular weight excluding hydrogens is 368 g/mol. The van der Waals surface area contributed by atoms with Gasteiger partial charge in [0, 0.05) is 10.4 Å².